The maximum atomic E-state index is 11.3. The smallest absolute Gasteiger partial charge is 0.274 e. The molecule has 1 atom stereocenters. The lowest BCUT2D eigenvalue weighted by molar-refractivity contribution is -0.385. The molecule has 0 aliphatic rings. The molecule has 0 aromatic heterocycles. The van der Waals surface area contributed by atoms with Gasteiger partial charge in [0, 0.05) is 17.3 Å². The molecule has 6 heteroatoms. The van der Waals surface area contributed by atoms with Crippen molar-refractivity contribution in [1.82, 2.24) is 0 Å². The summed E-state index contributed by atoms with van der Waals surface area (Å²) in [7, 11) is 0. The highest BCUT2D eigenvalue weighted by atomic mass is 16.6. The Morgan fingerprint density at radius 3 is 2.50 bits per heavy atom. The Kier molecular flexibility index (Phi) is 4.25. The van der Waals surface area contributed by atoms with Gasteiger partial charge in [-0.05, 0) is 18.9 Å². The van der Waals surface area contributed by atoms with E-state index in [-0.39, 0.29) is 11.6 Å². The summed E-state index contributed by atoms with van der Waals surface area (Å²) in [5.74, 6) is -0.475. The van der Waals surface area contributed by atoms with Gasteiger partial charge in [0.2, 0.25) is 5.91 Å². The van der Waals surface area contributed by atoms with Crippen molar-refractivity contribution in [2.45, 2.75) is 26.8 Å². The van der Waals surface area contributed by atoms with E-state index in [4.69, 9.17) is 5.73 Å². The van der Waals surface area contributed by atoms with Crippen molar-refractivity contribution in [1.29, 1.82) is 0 Å². The molecule has 1 unspecified atom stereocenters. The maximum absolute atomic E-state index is 11.3. The van der Waals surface area contributed by atoms with E-state index >= 15 is 0 Å². The fourth-order valence-corrected chi connectivity index (χ4v) is 1.71. The van der Waals surface area contributed by atoms with Crippen LogP contribution in [0.15, 0.2) is 18.2 Å². The Bertz CT molecular complexity index is 472. The van der Waals surface area contributed by atoms with Gasteiger partial charge in [0.1, 0.15) is 6.04 Å². The van der Waals surface area contributed by atoms with Gasteiger partial charge < -0.3 is 11.1 Å². The molecule has 0 saturated heterocycles. The SMILES string of the molecule is Cc1c(NC(C(N)=O)C(C)C)cccc1[N+](=O)[O-]. The quantitative estimate of drug-likeness (QED) is 0.616. The summed E-state index contributed by atoms with van der Waals surface area (Å²) in [6, 6.07) is 4.15. The number of nitrogens with two attached hydrogens (primary N) is 1. The Morgan fingerprint density at radius 1 is 1.44 bits per heavy atom. The molecule has 1 amide bonds. The number of nitrogens with one attached hydrogen (secondary N) is 1. The molecule has 1 aromatic carbocycles. The van der Waals surface area contributed by atoms with Crippen LogP contribution in [0, 0.1) is 23.0 Å². The fourth-order valence-electron chi connectivity index (χ4n) is 1.71. The minimum absolute atomic E-state index is 0.00108. The molecule has 6 nitrogen and oxygen atoms in total. The number of carbonyl (C=O) groups is 1. The summed E-state index contributed by atoms with van der Waals surface area (Å²) in [4.78, 5) is 21.7. The number of nitro benzene ring substituents is 1. The second-order valence-electron chi connectivity index (χ2n) is 4.48. The molecule has 0 spiro atoms. The Labute approximate surface area is 105 Å². The lowest BCUT2D eigenvalue weighted by Crippen LogP contribution is -2.39. The first kappa shape index (κ1) is 14.0. The highest BCUT2D eigenvalue weighted by Gasteiger charge is 2.21. The summed E-state index contributed by atoms with van der Waals surface area (Å²) in [5.41, 5.74) is 6.37. The normalized spacial score (nSPS) is 12.2. The standard InChI is InChI=1S/C12H17N3O3/c1-7(2)11(12(13)16)14-9-5-4-6-10(8(9)3)15(17)18/h4-7,11,14H,1-3H3,(H2,13,16). The van der Waals surface area contributed by atoms with Gasteiger partial charge in [-0.25, -0.2) is 0 Å². The molecule has 18 heavy (non-hydrogen) atoms. The van der Waals surface area contributed by atoms with Crippen LogP contribution in [0.25, 0.3) is 0 Å². The van der Waals surface area contributed by atoms with E-state index in [1.165, 1.54) is 6.07 Å². The zero-order chi connectivity index (χ0) is 13.9. The Balaban J connectivity index is 3.07. The molecular formula is C12H17N3O3. The van der Waals surface area contributed by atoms with Crippen LogP contribution in [0.1, 0.15) is 19.4 Å². The molecular weight excluding hydrogens is 234 g/mol. The van der Waals surface area contributed by atoms with Gasteiger partial charge in [-0.2, -0.15) is 0 Å². The van der Waals surface area contributed by atoms with E-state index in [1.54, 1.807) is 19.1 Å². The lowest BCUT2D eigenvalue weighted by Gasteiger charge is -2.21. The van der Waals surface area contributed by atoms with Crippen LogP contribution in [0.2, 0.25) is 0 Å². The maximum Gasteiger partial charge on any atom is 0.274 e. The topological polar surface area (TPSA) is 98.3 Å². The van der Waals surface area contributed by atoms with Crippen molar-refractivity contribution in [2.24, 2.45) is 11.7 Å². The molecule has 0 radical (unpaired) electrons. The summed E-state index contributed by atoms with van der Waals surface area (Å²) >= 11 is 0. The number of benzene rings is 1. The van der Waals surface area contributed by atoms with Crippen molar-refractivity contribution >= 4 is 17.3 Å². The van der Waals surface area contributed by atoms with Gasteiger partial charge in [0.25, 0.3) is 5.69 Å². The van der Waals surface area contributed by atoms with Gasteiger partial charge in [-0.15, -0.1) is 0 Å². The minimum atomic E-state index is -0.550. The molecule has 0 aliphatic heterocycles. The van der Waals surface area contributed by atoms with Crippen molar-refractivity contribution in [3.8, 4) is 0 Å². The van der Waals surface area contributed by atoms with Crippen molar-refractivity contribution in [3.05, 3.63) is 33.9 Å². The van der Waals surface area contributed by atoms with Gasteiger partial charge >= 0.3 is 0 Å². The number of carbonyl (C=O) groups excluding carboxylic acids is 1. The van der Waals surface area contributed by atoms with Gasteiger partial charge in [-0.1, -0.05) is 19.9 Å². The lowest BCUT2D eigenvalue weighted by atomic mass is 10.0. The highest BCUT2D eigenvalue weighted by molar-refractivity contribution is 5.83. The third-order valence-corrected chi connectivity index (χ3v) is 2.79. The zero-order valence-corrected chi connectivity index (χ0v) is 10.6. The number of rotatable bonds is 5. The zero-order valence-electron chi connectivity index (χ0n) is 10.6. The Hall–Kier alpha value is -2.11. The molecule has 0 heterocycles. The van der Waals surface area contributed by atoms with Crippen LogP contribution in [0.4, 0.5) is 11.4 Å². The second kappa shape index (κ2) is 5.48. The van der Waals surface area contributed by atoms with Crippen LogP contribution in [-0.4, -0.2) is 16.9 Å². The summed E-state index contributed by atoms with van der Waals surface area (Å²) in [6.07, 6.45) is 0. The summed E-state index contributed by atoms with van der Waals surface area (Å²) in [6.45, 7) is 5.35. The van der Waals surface area contributed by atoms with E-state index in [9.17, 15) is 14.9 Å². The van der Waals surface area contributed by atoms with Gasteiger partial charge in [0.15, 0.2) is 0 Å². The van der Waals surface area contributed by atoms with E-state index in [0.29, 0.717) is 11.3 Å². The Morgan fingerprint density at radius 2 is 2.06 bits per heavy atom. The number of nitro groups is 1. The van der Waals surface area contributed by atoms with Crippen LogP contribution in [0.3, 0.4) is 0 Å². The van der Waals surface area contributed by atoms with Crippen LogP contribution in [-0.2, 0) is 4.79 Å². The van der Waals surface area contributed by atoms with Crippen molar-refractivity contribution in [2.75, 3.05) is 5.32 Å². The summed E-state index contributed by atoms with van der Waals surface area (Å²) in [5, 5.41) is 13.8. The van der Waals surface area contributed by atoms with Crippen molar-refractivity contribution < 1.29 is 9.72 Å². The van der Waals surface area contributed by atoms with Gasteiger partial charge in [0.05, 0.1) is 4.92 Å². The molecule has 0 bridgehead atoms. The molecule has 98 valence electrons. The molecule has 0 fully saturated rings. The fraction of sp³-hybridized carbons (Fsp3) is 0.417. The number of hydrogen-bond acceptors (Lipinski definition) is 4. The number of anilines is 1. The third kappa shape index (κ3) is 2.97. The first-order valence-corrected chi connectivity index (χ1v) is 5.64. The molecule has 0 saturated carbocycles. The minimum Gasteiger partial charge on any atom is -0.373 e. The predicted octanol–water partition coefficient (Wildman–Crippen LogP) is 1.83. The third-order valence-electron chi connectivity index (χ3n) is 2.79. The average Bonchev–Trinajstić information content (AvgIpc) is 2.26. The van der Waals surface area contributed by atoms with E-state index < -0.39 is 16.9 Å². The van der Waals surface area contributed by atoms with E-state index in [2.05, 4.69) is 5.32 Å². The number of hydrogen-bond donors (Lipinski definition) is 2. The van der Waals surface area contributed by atoms with Crippen LogP contribution < -0.4 is 11.1 Å². The summed E-state index contributed by atoms with van der Waals surface area (Å²) < 4.78 is 0. The molecule has 3 N–H and O–H groups in total. The average molecular weight is 251 g/mol. The van der Waals surface area contributed by atoms with Crippen LogP contribution in [0.5, 0.6) is 0 Å². The monoisotopic (exact) mass is 251 g/mol. The number of amides is 1. The van der Waals surface area contributed by atoms with Crippen LogP contribution >= 0.6 is 0 Å². The largest absolute Gasteiger partial charge is 0.373 e. The highest BCUT2D eigenvalue weighted by Crippen LogP contribution is 2.26. The first-order valence-electron chi connectivity index (χ1n) is 5.64. The predicted molar refractivity (Wildman–Crippen MR) is 69.3 cm³/mol. The van der Waals surface area contributed by atoms with Gasteiger partial charge in [-0.3, -0.25) is 14.9 Å². The van der Waals surface area contributed by atoms with Crippen molar-refractivity contribution in [3.63, 3.8) is 0 Å². The number of primary amides is 1. The second-order valence-corrected chi connectivity index (χ2v) is 4.48. The number of nitrogens with zero attached hydrogens (tertiary/aromatic N) is 1. The van der Waals surface area contributed by atoms with E-state index in [1.807, 2.05) is 13.8 Å². The van der Waals surface area contributed by atoms with E-state index in [0.717, 1.165) is 0 Å². The first-order chi connectivity index (χ1) is 8.34. The molecule has 0 aliphatic carbocycles. The molecule has 1 aromatic rings. The molecule has 1 rings (SSSR count).